The normalized spacial score (nSPS) is 10.7. The number of rotatable bonds is 5. The number of nitrogens with zero attached hydrogens (tertiary/aromatic N) is 1. The van der Waals surface area contributed by atoms with Crippen LogP contribution in [0.1, 0.15) is 48.9 Å². The molecule has 0 aliphatic carbocycles. The summed E-state index contributed by atoms with van der Waals surface area (Å²) in [4.78, 5) is 26.1. The number of hydrogen-bond donors (Lipinski definition) is 1. The molecule has 1 N–H and O–H groups in total. The monoisotopic (exact) mass is 352 g/mol. The van der Waals surface area contributed by atoms with Gasteiger partial charge in [-0.05, 0) is 55.5 Å². The zero-order valence-electron chi connectivity index (χ0n) is 16.5. The second-order valence-corrected chi connectivity index (χ2v) is 7.17. The number of carbonyl (C=O) groups excluding carboxylic acids is 2. The first kappa shape index (κ1) is 19.7. The van der Waals surface area contributed by atoms with Crippen LogP contribution in [-0.4, -0.2) is 18.4 Å². The van der Waals surface area contributed by atoms with Gasteiger partial charge < -0.3 is 10.2 Å². The molecule has 0 fully saturated rings. The lowest BCUT2D eigenvalue weighted by molar-refractivity contribution is -0.120. The number of amides is 2. The van der Waals surface area contributed by atoms with Crippen LogP contribution in [0.3, 0.4) is 0 Å². The number of nitrogens with one attached hydrogen (secondary N) is 1. The summed E-state index contributed by atoms with van der Waals surface area (Å²) in [5, 5.41) is 2.96. The Hall–Kier alpha value is -2.62. The van der Waals surface area contributed by atoms with Gasteiger partial charge in [-0.1, -0.05) is 43.7 Å². The molecule has 0 bridgehead atoms. The van der Waals surface area contributed by atoms with E-state index in [2.05, 4.69) is 19.2 Å². The van der Waals surface area contributed by atoms with Crippen molar-refractivity contribution in [2.75, 3.05) is 16.8 Å². The van der Waals surface area contributed by atoms with Gasteiger partial charge in [0.25, 0.3) is 0 Å². The van der Waals surface area contributed by atoms with Crippen LogP contribution < -0.4 is 10.2 Å². The first-order chi connectivity index (χ1) is 12.2. The molecule has 0 spiro atoms. The van der Waals surface area contributed by atoms with Gasteiger partial charge in [0.05, 0.1) is 0 Å². The number of anilines is 2. The standard InChI is InChI=1S/C22H28N2O2/c1-14(2)19-7-9-20(10-8-19)24(18(6)25)13-21(26)23-22-16(4)11-15(3)12-17(22)5/h7-12,14H,13H2,1-6H3,(H,23,26). The van der Waals surface area contributed by atoms with E-state index in [-0.39, 0.29) is 18.4 Å². The molecule has 0 heterocycles. The van der Waals surface area contributed by atoms with Crippen LogP contribution in [0.5, 0.6) is 0 Å². The highest BCUT2D eigenvalue weighted by atomic mass is 16.2. The fourth-order valence-electron chi connectivity index (χ4n) is 3.12. The Morgan fingerprint density at radius 3 is 2.00 bits per heavy atom. The molecule has 138 valence electrons. The van der Waals surface area contributed by atoms with Crippen molar-refractivity contribution in [2.45, 2.75) is 47.5 Å². The fraction of sp³-hybridized carbons (Fsp3) is 0.364. The van der Waals surface area contributed by atoms with E-state index in [9.17, 15) is 9.59 Å². The van der Waals surface area contributed by atoms with E-state index in [1.807, 2.05) is 57.2 Å². The number of carbonyl (C=O) groups is 2. The first-order valence-electron chi connectivity index (χ1n) is 8.94. The average Bonchev–Trinajstić information content (AvgIpc) is 2.55. The second kappa shape index (κ2) is 8.17. The van der Waals surface area contributed by atoms with Gasteiger partial charge in [0, 0.05) is 18.3 Å². The molecule has 0 atom stereocenters. The molecule has 0 radical (unpaired) electrons. The maximum absolute atomic E-state index is 12.6. The van der Waals surface area contributed by atoms with E-state index in [1.54, 1.807) is 0 Å². The summed E-state index contributed by atoms with van der Waals surface area (Å²) in [6.07, 6.45) is 0. The molecule has 4 heteroatoms. The van der Waals surface area contributed by atoms with E-state index in [0.717, 1.165) is 28.1 Å². The molecule has 2 aromatic carbocycles. The van der Waals surface area contributed by atoms with Crippen molar-refractivity contribution in [1.82, 2.24) is 0 Å². The zero-order chi connectivity index (χ0) is 19.4. The molecule has 2 amide bonds. The topological polar surface area (TPSA) is 49.4 Å². The molecule has 0 aliphatic heterocycles. The summed E-state index contributed by atoms with van der Waals surface area (Å²) in [6, 6.07) is 11.9. The molecular formula is C22H28N2O2. The first-order valence-corrected chi connectivity index (χ1v) is 8.94. The largest absolute Gasteiger partial charge is 0.324 e. The summed E-state index contributed by atoms with van der Waals surface area (Å²) in [7, 11) is 0. The molecule has 0 unspecified atom stereocenters. The van der Waals surface area contributed by atoms with Crippen LogP contribution in [0.15, 0.2) is 36.4 Å². The Bertz CT molecular complexity index is 784. The molecule has 26 heavy (non-hydrogen) atoms. The highest BCUT2D eigenvalue weighted by Crippen LogP contribution is 2.23. The lowest BCUT2D eigenvalue weighted by Gasteiger charge is -2.22. The molecule has 0 aromatic heterocycles. The van der Waals surface area contributed by atoms with E-state index >= 15 is 0 Å². The van der Waals surface area contributed by atoms with E-state index in [4.69, 9.17) is 0 Å². The third-order valence-corrected chi connectivity index (χ3v) is 4.49. The van der Waals surface area contributed by atoms with Gasteiger partial charge in [-0.25, -0.2) is 0 Å². The van der Waals surface area contributed by atoms with Crippen molar-refractivity contribution in [3.63, 3.8) is 0 Å². The van der Waals surface area contributed by atoms with Crippen molar-refractivity contribution in [3.8, 4) is 0 Å². The molecule has 4 nitrogen and oxygen atoms in total. The lowest BCUT2D eigenvalue weighted by atomic mass is 10.0. The quantitative estimate of drug-likeness (QED) is 0.846. The summed E-state index contributed by atoms with van der Waals surface area (Å²) in [5.74, 6) is 0.0589. The van der Waals surface area contributed by atoms with Crippen molar-refractivity contribution in [1.29, 1.82) is 0 Å². The van der Waals surface area contributed by atoms with Gasteiger partial charge in [-0.3, -0.25) is 9.59 Å². The predicted molar refractivity (Wildman–Crippen MR) is 108 cm³/mol. The summed E-state index contributed by atoms with van der Waals surface area (Å²) < 4.78 is 0. The Balaban J connectivity index is 2.17. The minimum atomic E-state index is -0.205. The zero-order valence-corrected chi connectivity index (χ0v) is 16.5. The Morgan fingerprint density at radius 2 is 1.54 bits per heavy atom. The van der Waals surface area contributed by atoms with Gasteiger partial charge in [0.15, 0.2) is 0 Å². The van der Waals surface area contributed by atoms with E-state index in [0.29, 0.717) is 5.92 Å². The number of aryl methyl sites for hydroxylation is 3. The highest BCUT2D eigenvalue weighted by molar-refractivity contribution is 6.02. The van der Waals surface area contributed by atoms with Gasteiger partial charge in [-0.15, -0.1) is 0 Å². The molecule has 0 aliphatic rings. The van der Waals surface area contributed by atoms with Crippen molar-refractivity contribution in [3.05, 3.63) is 58.7 Å². The summed E-state index contributed by atoms with van der Waals surface area (Å²) >= 11 is 0. The lowest BCUT2D eigenvalue weighted by Crippen LogP contribution is -2.36. The number of benzene rings is 2. The smallest absolute Gasteiger partial charge is 0.244 e. The SMILES string of the molecule is CC(=O)N(CC(=O)Nc1c(C)cc(C)cc1C)c1ccc(C(C)C)cc1. The minimum absolute atomic E-state index is 0.0108. The van der Waals surface area contributed by atoms with Gasteiger partial charge in [0.1, 0.15) is 6.54 Å². The Kier molecular flexibility index (Phi) is 6.19. The average molecular weight is 352 g/mol. The predicted octanol–water partition coefficient (Wildman–Crippen LogP) is 4.73. The van der Waals surface area contributed by atoms with Crippen molar-refractivity contribution >= 4 is 23.2 Å². The Labute approximate surface area is 156 Å². The summed E-state index contributed by atoms with van der Waals surface area (Å²) in [5.41, 5.74) is 5.95. The van der Waals surface area contributed by atoms with E-state index < -0.39 is 0 Å². The van der Waals surface area contributed by atoms with Gasteiger partial charge >= 0.3 is 0 Å². The summed E-state index contributed by atoms with van der Waals surface area (Å²) in [6.45, 7) is 11.7. The minimum Gasteiger partial charge on any atom is -0.324 e. The number of hydrogen-bond acceptors (Lipinski definition) is 2. The van der Waals surface area contributed by atoms with Crippen molar-refractivity contribution in [2.24, 2.45) is 0 Å². The van der Waals surface area contributed by atoms with Crippen LogP contribution in [0.2, 0.25) is 0 Å². The Morgan fingerprint density at radius 1 is 1.00 bits per heavy atom. The van der Waals surface area contributed by atoms with Gasteiger partial charge in [-0.2, -0.15) is 0 Å². The molecule has 0 saturated heterocycles. The van der Waals surface area contributed by atoms with Crippen LogP contribution in [0.25, 0.3) is 0 Å². The third kappa shape index (κ3) is 4.72. The molecular weight excluding hydrogens is 324 g/mol. The second-order valence-electron chi connectivity index (χ2n) is 7.17. The van der Waals surface area contributed by atoms with Crippen molar-refractivity contribution < 1.29 is 9.59 Å². The van der Waals surface area contributed by atoms with Crippen LogP contribution in [0.4, 0.5) is 11.4 Å². The molecule has 2 rings (SSSR count). The highest BCUT2D eigenvalue weighted by Gasteiger charge is 2.17. The maximum atomic E-state index is 12.6. The van der Waals surface area contributed by atoms with Crippen LogP contribution in [0, 0.1) is 20.8 Å². The van der Waals surface area contributed by atoms with Crippen LogP contribution in [-0.2, 0) is 9.59 Å². The van der Waals surface area contributed by atoms with E-state index in [1.165, 1.54) is 17.4 Å². The van der Waals surface area contributed by atoms with Crippen LogP contribution >= 0.6 is 0 Å². The maximum Gasteiger partial charge on any atom is 0.244 e. The molecule has 0 saturated carbocycles. The fourth-order valence-corrected chi connectivity index (χ4v) is 3.12. The third-order valence-electron chi connectivity index (χ3n) is 4.49. The molecule has 2 aromatic rings. The van der Waals surface area contributed by atoms with Gasteiger partial charge in [0.2, 0.25) is 11.8 Å².